The van der Waals surface area contributed by atoms with Gasteiger partial charge in [0.25, 0.3) is 0 Å². The molecule has 1 fully saturated rings. The predicted octanol–water partition coefficient (Wildman–Crippen LogP) is 2.52. The molecule has 114 valence electrons. The summed E-state index contributed by atoms with van der Waals surface area (Å²) in [6.45, 7) is 4.62. The number of ether oxygens (including phenoxy) is 1. The molecule has 5 nitrogen and oxygen atoms in total. The van der Waals surface area contributed by atoms with Crippen LogP contribution in [0.1, 0.15) is 12.6 Å². The molecule has 1 aliphatic heterocycles. The van der Waals surface area contributed by atoms with Crippen LogP contribution in [0.25, 0.3) is 0 Å². The lowest BCUT2D eigenvalue weighted by molar-refractivity contribution is -0.137. The Morgan fingerprint density at radius 3 is 3.10 bits per heavy atom. The van der Waals surface area contributed by atoms with E-state index in [0.717, 1.165) is 15.8 Å². The molecule has 0 bridgehead atoms. The molecule has 0 radical (unpaired) electrons. The Hall–Kier alpha value is -0.990. The minimum atomic E-state index is -0.400. The maximum absolute atomic E-state index is 11.9. The number of hydrogen-bond acceptors (Lipinski definition) is 7. The summed E-state index contributed by atoms with van der Waals surface area (Å²) in [5.41, 5.74) is 1.01. The van der Waals surface area contributed by atoms with Gasteiger partial charge < -0.3 is 9.64 Å². The molecule has 8 heteroatoms. The number of rotatable bonds is 6. The quantitative estimate of drug-likeness (QED) is 0.449. The topological polar surface area (TPSA) is 59.5 Å². The van der Waals surface area contributed by atoms with E-state index >= 15 is 0 Å². The van der Waals surface area contributed by atoms with E-state index in [-0.39, 0.29) is 5.91 Å². The van der Waals surface area contributed by atoms with Crippen LogP contribution in [0.2, 0.25) is 0 Å². The number of thioether (sulfide) groups is 2. The van der Waals surface area contributed by atoms with E-state index < -0.39 is 5.97 Å². The van der Waals surface area contributed by atoms with Crippen molar-refractivity contribution in [3.63, 3.8) is 0 Å². The van der Waals surface area contributed by atoms with Crippen LogP contribution in [0.5, 0.6) is 0 Å². The summed E-state index contributed by atoms with van der Waals surface area (Å²) in [5, 5.41) is 2.68. The van der Waals surface area contributed by atoms with Crippen molar-refractivity contribution < 1.29 is 14.3 Å². The van der Waals surface area contributed by atoms with Crippen molar-refractivity contribution in [2.24, 2.45) is 0 Å². The fourth-order valence-corrected chi connectivity index (χ4v) is 4.48. The Morgan fingerprint density at radius 2 is 2.43 bits per heavy atom. The van der Waals surface area contributed by atoms with Gasteiger partial charge in [0.2, 0.25) is 5.91 Å². The van der Waals surface area contributed by atoms with Crippen LogP contribution in [0.4, 0.5) is 0 Å². The van der Waals surface area contributed by atoms with Gasteiger partial charge in [-0.1, -0.05) is 23.5 Å². The van der Waals surface area contributed by atoms with Crippen molar-refractivity contribution in [3.05, 3.63) is 22.2 Å². The van der Waals surface area contributed by atoms with Gasteiger partial charge in [0.05, 0.1) is 23.5 Å². The predicted molar refractivity (Wildman–Crippen MR) is 86.5 cm³/mol. The summed E-state index contributed by atoms with van der Waals surface area (Å²) in [6.07, 6.45) is 1.40. The number of esters is 1. The summed E-state index contributed by atoms with van der Waals surface area (Å²) in [6, 6.07) is 0. The third-order valence-corrected chi connectivity index (χ3v) is 5.72. The molecule has 1 saturated heterocycles. The van der Waals surface area contributed by atoms with Crippen LogP contribution in [-0.4, -0.2) is 46.4 Å². The molecule has 0 aromatic carbocycles. The summed E-state index contributed by atoms with van der Waals surface area (Å²) in [7, 11) is 0. The van der Waals surface area contributed by atoms with Crippen LogP contribution in [0, 0.1) is 6.92 Å². The number of aryl methyl sites for hydroxylation is 1. The molecule has 1 aromatic rings. The van der Waals surface area contributed by atoms with Gasteiger partial charge in [-0.2, -0.15) is 0 Å². The number of amides is 1. The van der Waals surface area contributed by atoms with Crippen molar-refractivity contribution in [1.82, 2.24) is 9.88 Å². The molecule has 2 heterocycles. The summed E-state index contributed by atoms with van der Waals surface area (Å²) >= 11 is 4.61. The van der Waals surface area contributed by atoms with E-state index in [1.54, 1.807) is 34.9 Å². The first-order valence-electron chi connectivity index (χ1n) is 6.46. The van der Waals surface area contributed by atoms with Crippen molar-refractivity contribution in [1.29, 1.82) is 0 Å². The first kappa shape index (κ1) is 16.4. The molecule has 0 atom stereocenters. The Balaban J connectivity index is 1.89. The molecule has 2 rings (SSSR count). The number of carbonyl (C=O) groups is 2. The number of nitrogens with zero attached hydrogens (tertiary/aromatic N) is 2. The van der Waals surface area contributed by atoms with E-state index in [1.165, 1.54) is 17.8 Å². The van der Waals surface area contributed by atoms with Gasteiger partial charge in [-0.3, -0.25) is 4.79 Å². The van der Waals surface area contributed by atoms with Crippen molar-refractivity contribution in [2.75, 3.05) is 24.7 Å². The monoisotopic (exact) mass is 344 g/mol. The SMILES string of the molecule is CCOC(=O)/C=C1\SCC(=O)N1CCSc1nc(C)cs1. The maximum Gasteiger partial charge on any atom is 0.333 e. The highest BCUT2D eigenvalue weighted by Gasteiger charge is 2.27. The maximum atomic E-state index is 11.9. The molecular formula is C13H16N2O3S3. The number of aromatic nitrogens is 1. The van der Waals surface area contributed by atoms with Crippen molar-refractivity contribution in [2.45, 2.75) is 18.2 Å². The standard InChI is InChI=1S/C13H16N2O3S3/c1-3-18-12(17)6-11-15(10(16)8-20-11)4-5-19-13-14-9(2)7-21-13/h6-7H,3-5,8H2,1-2H3/b11-6-. The van der Waals surface area contributed by atoms with Crippen molar-refractivity contribution >= 4 is 46.7 Å². The van der Waals surface area contributed by atoms with Crippen LogP contribution < -0.4 is 0 Å². The van der Waals surface area contributed by atoms with Gasteiger partial charge >= 0.3 is 5.97 Å². The highest BCUT2D eigenvalue weighted by molar-refractivity contribution is 8.04. The van der Waals surface area contributed by atoms with Gasteiger partial charge in [-0.15, -0.1) is 11.3 Å². The van der Waals surface area contributed by atoms with Gasteiger partial charge in [-0.25, -0.2) is 9.78 Å². The number of thiazole rings is 1. The summed E-state index contributed by atoms with van der Waals surface area (Å²) in [4.78, 5) is 29.4. The Morgan fingerprint density at radius 1 is 1.62 bits per heavy atom. The minimum absolute atomic E-state index is 0.0338. The van der Waals surface area contributed by atoms with Gasteiger partial charge in [-0.05, 0) is 13.8 Å². The zero-order chi connectivity index (χ0) is 15.2. The smallest absolute Gasteiger partial charge is 0.333 e. The molecule has 0 N–H and O–H groups in total. The molecule has 0 spiro atoms. The molecule has 0 saturated carbocycles. The second-order valence-electron chi connectivity index (χ2n) is 4.17. The van der Waals surface area contributed by atoms with E-state index in [0.29, 0.717) is 23.9 Å². The lowest BCUT2D eigenvalue weighted by Crippen LogP contribution is -2.27. The van der Waals surface area contributed by atoms with Crippen molar-refractivity contribution in [3.8, 4) is 0 Å². The molecule has 0 unspecified atom stereocenters. The molecular weight excluding hydrogens is 328 g/mol. The largest absolute Gasteiger partial charge is 0.463 e. The Bertz CT molecular complexity index is 557. The third-order valence-electron chi connectivity index (χ3n) is 2.58. The number of hydrogen-bond donors (Lipinski definition) is 0. The van der Waals surface area contributed by atoms with Gasteiger partial charge in [0, 0.05) is 23.4 Å². The molecule has 1 amide bonds. The third kappa shape index (κ3) is 4.76. The van der Waals surface area contributed by atoms with E-state index in [2.05, 4.69) is 4.98 Å². The zero-order valence-corrected chi connectivity index (χ0v) is 14.3. The number of carbonyl (C=O) groups excluding carboxylic acids is 2. The first-order valence-corrected chi connectivity index (χ1v) is 9.31. The molecule has 1 aromatic heterocycles. The van der Waals surface area contributed by atoms with Crippen LogP contribution >= 0.6 is 34.9 Å². The Kier molecular flexibility index (Phi) is 6.13. The van der Waals surface area contributed by atoms with Crippen LogP contribution in [0.3, 0.4) is 0 Å². The zero-order valence-electron chi connectivity index (χ0n) is 11.8. The minimum Gasteiger partial charge on any atom is -0.463 e. The van der Waals surface area contributed by atoms with Gasteiger partial charge in [0.1, 0.15) is 4.34 Å². The fourth-order valence-electron chi connectivity index (χ4n) is 1.68. The van der Waals surface area contributed by atoms with E-state index in [1.807, 2.05) is 12.3 Å². The second kappa shape index (κ2) is 7.86. The average molecular weight is 344 g/mol. The first-order chi connectivity index (χ1) is 10.1. The highest BCUT2D eigenvalue weighted by Crippen LogP contribution is 2.30. The fraction of sp³-hybridized carbons (Fsp3) is 0.462. The second-order valence-corrected chi connectivity index (χ2v) is 7.37. The van der Waals surface area contributed by atoms with Crippen LogP contribution in [0.15, 0.2) is 20.8 Å². The molecule has 21 heavy (non-hydrogen) atoms. The normalized spacial score (nSPS) is 16.8. The summed E-state index contributed by atoms with van der Waals surface area (Å²) in [5.74, 6) is 0.764. The average Bonchev–Trinajstić information content (AvgIpc) is 2.99. The van der Waals surface area contributed by atoms with Gasteiger partial charge in [0.15, 0.2) is 0 Å². The van der Waals surface area contributed by atoms with E-state index in [4.69, 9.17) is 4.74 Å². The summed E-state index contributed by atoms with van der Waals surface area (Å²) < 4.78 is 5.89. The lowest BCUT2D eigenvalue weighted by atomic mass is 10.5. The molecule has 0 aliphatic carbocycles. The van der Waals surface area contributed by atoms with E-state index in [9.17, 15) is 9.59 Å². The van der Waals surface area contributed by atoms with Crippen LogP contribution in [-0.2, 0) is 14.3 Å². The lowest BCUT2D eigenvalue weighted by Gasteiger charge is -2.16. The Labute approximate surface area is 136 Å². The highest BCUT2D eigenvalue weighted by atomic mass is 32.2. The molecule has 1 aliphatic rings.